The zero-order valence-corrected chi connectivity index (χ0v) is 12.7. The van der Waals surface area contributed by atoms with Crippen molar-refractivity contribution in [3.05, 3.63) is 29.8 Å². The maximum atomic E-state index is 6.15. The Hall–Kier alpha value is -1.06. The number of nitrogens with one attached hydrogen (secondary N) is 1. The zero-order chi connectivity index (χ0) is 14.2. The molecule has 2 unspecified atom stereocenters. The van der Waals surface area contributed by atoms with Gasteiger partial charge in [0.25, 0.3) is 0 Å². The Balaban J connectivity index is 1.83. The van der Waals surface area contributed by atoms with Gasteiger partial charge in [0.1, 0.15) is 5.75 Å². The van der Waals surface area contributed by atoms with Gasteiger partial charge in [-0.05, 0) is 43.5 Å². The van der Waals surface area contributed by atoms with E-state index in [0.29, 0.717) is 18.8 Å². The fourth-order valence-electron chi connectivity index (χ4n) is 2.78. The molecule has 0 radical (unpaired) electrons. The Bertz CT molecular complexity index is 377. The highest BCUT2D eigenvalue weighted by Gasteiger charge is 2.24. The molecule has 0 saturated heterocycles. The molecule has 2 atom stereocenters. The lowest BCUT2D eigenvalue weighted by Crippen LogP contribution is -2.43. The van der Waals surface area contributed by atoms with Crippen molar-refractivity contribution in [1.82, 2.24) is 5.32 Å². The first-order valence-electron chi connectivity index (χ1n) is 7.81. The van der Waals surface area contributed by atoms with Gasteiger partial charge in [0.05, 0.1) is 19.8 Å². The molecule has 20 heavy (non-hydrogen) atoms. The Morgan fingerprint density at radius 3 is 2.60 bits per heavy atom. The van der Waals surface area contributed by atoms with Crippen LogP contribution < -0.4 is 10.1 Å². The maximum Gasteiger partial charge on any atom is 0.118 e. The lowest BCUT2D eigenvalue weighted by Gasteiger charge is -2.32. The molecule has 1 aliphatic rings. The monoisotopic (exact) mass is 277 g/mol. The first-order valence-corrected chi connectivity index (χ1v) is 7.81. The highest BCUT2D eigenvalue weighted by atomic mass is 16.5. The van der Waals surface area contributed by atoms with Gasteiger partial charge in [0, 0.05) is 6.04 Å². The van der Waals surface area contributed by atoms with E-state index in [-0.39, 0.29) is 0 Å². The van der Waals surface area contributed by atoms with E-state index < -0.39 is 0 Å². The van der Waals surface area contributed by atoms with E-state index in [9.17, 15) is 0 Å². The van der Waals surface area contributed by atoms with E-state index in [1.54, 1.807) is 7.11 Å². The molecule has 1 N–H and O–H groups in total. The molecule has 0 spiro atoms. The van der Waals surface area contributed by atoms with Crippen molar-refractivity contribution in [2.45, 2.75) is 57.8 Å². The van der Waals surface area contributed by atoms with Gasteiger partial charge in [-0.15, -0.1) is 0 Å². The second-order valence-corrected chi connectivity index (χ2v) is 5.54. The molecule has 1 aromatic rings. The molecule has 1 saturated carbocycles. The predicted octanol–water partition coefficient (Wildman–Crippen LogP) is 3.52. The van der Waals surface area contributed by atoms with E-state index in [1.807, 2.05) is 12.1 Å². The van der Waals surface area contributed by atoms with Gasteiger partial charge < -0.3 is 14.8 Å². The van der Waals surface area contributed by atoms with Crippen molar-refractivity contribution in [2.24, 2.45) is 0 Å². The van der Waals surface area contributed by atoms with Crippen molar-refractivity contribution in [3.8, 4) is 5.75 Å². The maximum absolute atomic E-state index is 6.15. The molecule has 2 rings (SSSR count). The summed E-state index contributed by atoms with van der Waals surface area (Å²) in [5.74, 6) is 0.897. The Labute approximate surface area is 122 Å². The summed E-state index contributed by atoms with van der Waals surface area (Å²) >= 11 is 0. The van der Waals surface area contributed by atoms with E-state index >= 15 is 0 Å². The van der Waals surface area contributed by atoms with Gasteiger partial charge in [-0.3, -0.25) is 0 Å². The van der Waals surface area contributed by atoms with Crippen molar-refractivity contribution in [2.75, 3.05) is 13.7 Å². The summed E-state index contributed by atoms with van der Waals surface area (Å²) in [6.45, 7) is 4.00. The summed E-state index contributed by atoms with van der Waals surface area (Å²) in [5.41, 5.74) is 1.21. The summed E-state index contributed by atoms with van der Waals surface area (Å²) in [6.07, 6.45) is 6.57. The molecule has 0 aliphatic heterocycles. The van der Waals surface area contributed by atoms with Gasteiger partial charge in [-0.2, -0.15) is 0 Å². The Morgan fingerprint density at radius 1 is 1.15 bits per heavy atom. The highest BCUT2D eigenvalue weighted by Crippen LogP contribution is 2.23. The first-order chi connectivity index (χ1) is 9.83. The third kappa shape index (κ3) is 4.50. The van der Waals surface area contributed by atoms with Crippen LogP contribution in [0.3, 0.4) is 0 Å². The van der Waals surface area contributed by atoms with Gasteiger partial charge in [0.15, 0.2) is 0 Å². The molecular formula is C17H27NO2. The summed E-state index contributed by atoms with van der Waals surface area (Å²) < 4.78 is 11.3. The van der Waals surface area contributed by atoms with Crippen molar-refractivity contribution in [1.29, 1.82) is 0 Å². The number of rotatable bonds is 7. The molecule has 112 valence electrons. The average molecular weight is 277 g/mol. The number of methoxy groups -OCH3 is 1. The smallest absolute Gasteiger partial charge is 0.118 e. The lowest BCUT2D eigenvalue weighted by atomic mass is 9.92. The zero-order valence-electron chi connectivity index (χ0n) is 12.7. The van der Waals surface area contributed by atoms with Crippen LogP contribution in [-0.2, 0) is 11.3 Å². The topological polar surface area (TPSA) is 30.5 Å². The quantitative estimate of drug-likeness (QED) is 0.827. The fourth-order valence-corrected chi connectivity index (χ4v) is 2.78. The van der Waals surface area contributed by atoms with Crippen molar-refractivity contribution < 1.29 is 9.47 Å². The number of ether oxygens (including phenoxy) is 2. The van der Waals surface area contributed by atoms with Gasteiger partial charge in [0.2, 0.25) is 0 Å². The van der Waals surface area contributed by atoms with Gasteiger partial charge in [-0.25, -0.2) is 0 Å². The average Bonchev–Trinajstić information content (AvgIpc) is 2.52. The van der Waals surface area contributed by atoms with E-state index in [1.165, 1.54) is 37.7 Å². The molecule has 0 bridgehead atoms. The van der Waals surface area contributed by atoms with Crippen molar-refractivity contribution in [3.63, 3.8) is 0 Å². The third-order valence-electron chi connectivity index (χ3n) is 3.98. The summed E-state index contributed by atoms with van der Waals surface area (Å²) in [7, 11) is 1.69. The third-order valence-corrected chi connectivity index (χ3v) is 3.98. The largest absolute Gasteiger partial charge is 0.497 e. The van der Waals surface area contributed by atoms with E-state index in [0.717, 1.165) is 12.3 Å². The Kier molecular flexibility index (Phi) is 6.34. The van der Waals surface area contributed by atoms with Crippen LogP contribution in [0.25, 0.3) is 0 Å². The number of benzene rings is 1. The molecular weight excluding hydrogens is 250 g/mol. The fraction of sp³-hybridized carbons (Fsp3) is 0.647. The molecule has 0 aromatic heterocycles. The predicted molar refractivity (Wildman–Crippen MR) is 82.1 cm³/mol. The van der Waals surface area contributed by atoms with Crippen LogP contribution in [-0.4, -0.2) is 25.8 Å². The minimum absolute atomic E-state index is 0.359. The van der Waals surface area contributed by atoms with Crippen LogP contribution in [0.4, 0.5) is 0 Å². The second kappa shape index (κ2) is 8.28. The van der Waals surface area contributed by atoms with E-state index in [2.05, 4.69) is 24.4 Å². The van der Waals surface area contributed by atoms with Crippen LogP contribution in [0.15, 0.2) is 24.3 Å². The lowest BCUT2D eigenvalue weighted by molar-refractivity contribution is -0.00538. The number of hydrogen-bond acceptors (Lipinski definition) is 3. The molecule has 1 aliphatic carbocycles. The standard InChI is InChI=1S/C17H27NO2/c1-3-12-18-16-6-4-5-7-17(16)20-13-14-8-10-15(19-2)11-9-14/h8-11,16-18H,3-7,12-13H2,1-2H3. The van der Waals surface area contributed by atoms with Crippen LogP contribution in [0.2, 0.25) is 0 Å². The van der Waals surface area contributed by atoms with E-state index in [4.69, 9.17) is 9.47 Å². The SMILES string of the molecule is CCCNC1CCCCC1OCc1ccc(OC)cc1. The van der Waals surface area contributed by atoms with Crippen LogP contribution in [0.5, 0.6) is 5.75 Å². The second-order valence-electron chi connectivity index (χ2n) is 5.54. The van der Waals surface area contributed by atoms with Gasteiger partial charge >= 0.3 is 0 Å². The summed E-state index contributed by atoms with van der Waals surface area (Å²) in [4.78, 5) is 0. The van der Waals surface area contributed by atoms with Gasteiger partial charge in [-0.1, -0.05) is 31.9 Å². The molecule has 1 fully saturated rings. The first kappa shape index (κ1) is 15.3. The summed E-state index contributed by atoms with van der Waals surface area (Å²) in [5, 5.41) is 3.63. The summed E-state index contributed by atoms with van der Waals surface area (Å²) in [6, 6.07) is 8.67. The molecule has 0 heterocycles. The molecule has 3 heteroatoms. The molecule has 1 aromatic carbocycles. The van der Waals surface area contributed by atoms with Crippen molar-refractivity contribution >= 4 is 0 Å². The van der Waals surface area contributed by atoms with Crippen LogP contribution in [0, 0.1) is 0 Å². The molecule has 3 nitrogen and oxygen atoms in total. The normalized spacial score (nSPS) is 22.7. The minimum Gasteiger partial charge on any atom is -0.497 e. The minimum atomic E-state index is 0.359. The highest BCUT2D eigenvalue weighted by molar-refractivity contribution is 5.26. The van der Waals surface area contributed by atoms with Crippen LogP contribution in [0.1, 0.15) is 44.6 Å². The molecule has 0 amide bonds. The Morgan fingerprint density at radius 2 is 1.90 bits per heavy atom. The van der Waals surface area contributed by atoms with Crippen LogP contribution >= 0.6 is 0 Å². The number of hydrogen-bond donors (Lipinski definition) is 1.